The molecule has 1 aromatic heterocycles. The summed E-state index contributed by atoms with van der Waals surface area (Å²) in [5, 5.41) is 9.07. The Hall–Kier alpha value is -0.670. The number of thiophene rings is 1. The van der Waals surface area contributed by atoms with E-state index in [9.17, 15) is 13.2 Å². The van der Waals surface area contributed by atoms with E-state index in [1.54, 1.807) is 6.92 Å². The molecule has 1 saturated heterocycles. The Morgan fingerprint density at radius 3 is 2.84 bits per heavy atom. The van der Waals surface area contributed by atoms with Crippen molar-refractivity contribution >= 4 is 38.9 Å². The van der Waals surface area contributed by atoms with Gasteiger partial charge < -0.3 is 9.84 Å². The van der Waals surface area contributed by atoms with Gasteiger partial charge in [-0.25, -0.2) is 8.42 Å². The van der Waals surface area contributed by atoms with Crippen LogP contribution in [0.25, 0.3) is 0 Å². The Balaban J connectivity index is 2.39. The lowest BCUT2D eigenvalue weighted by Gasteiger charge is -2.31. The fraction of sp³-hybridized carbons (Fsp3) is 0.500. The molecule has 1 fully saturated rings. The van der Waals surface area contributed by atoms with E-state index in [-0.39, 0.29) is 24.0 Å². The van der Waals surface area contributed by atoms with E-state index in [0.29, 0.717) is 9.90 Å². The number of rotatable bonds is 3. The lowest BCUT2D eigenvalue weighted by molar-refractivity contribution is -0.146. The SMILES string of the molecule is Cc1cc(S(=O)(=O)N2CCOCC2C(=O)O)sc1Cl. The summed E-state index contributed by atoms with van der Waals surface area (Å²) in [6.45, 7) is 1.76. The summed E-state index contributed by atoms with van der Waals surface area (Å²) in [5.74, 6) is -1.22. The number of carbonyl (C=O) groups is 1. The van der Waals surface area contributed by atoms with E-state index in [2.05, 4.69) is 0 Å². The molecule has 19 heavy (non-hydrogen) atoms. The van der Waals surface area contributed by atoms with Crippen molar-refractivity contribution in [3.8, 4) is 0 Å². The molecule has 1 atom stereocenters. The van der Waals surface area contributed by atoms with Crippen molar-refractivity contribution in [2.45, 2.75) is 17.2 Å². The molecule has 1 N–H and O–H groups in total. The van der Waals surface area contributed by atoms with Crippen LogP contribution in [-0.2, 0) is 19.6 Å². The Morgan fingerprint density at radius 1 is 1.63 bits per heavy atom. The van der Waals surface area contributed by atoms with E-state index >= 15 is 0 Å². The van der Waals surface area contributed by atoms with Crippen LogP contribution in [0.4, 0.5) is 0 Å². The zero-order chi connectivity index (χ0) is 14.2. The first-order valence-corrected chi connectivity index (χ1v) is 8.06. The summed E-state index contributed by atoms with van der Waals surface area (Å²) in [7, 11) is -3.85. The van der Waals surface area contributed by atoms with Crippen LogP contribution >= 0.6 is 22.9 Å². The van der Waals surface area contributed by atoms with Crippen LogP contribution < -0.4 is 0 Å². The van der Waals surface area contributed by atoms with Gasteiger partial charge in [0.05, 0.1) is 17.6 Å². The van der Waals surface area contributed by atoms with Gasteiger partial charge in [0.15, 0.2) is 0 Å². The molecule has 0 amide bonds. The summed E-state index contributed by atoms with van der Waals surface area (Å²) in [6, 6.07) is 0.261. The van der Waals surface area contributed by atoms with Crippen molar-refractivity contribution in [2.75, 3.05) is 19.8 Å². The number of carboxylic acids is 1. The molecule has 1 aliphatic heterocycles. The van der Waals surface area contributed by atoms with Gasteiger partial charge in [-0.3, -0.25) is 4.79 Å². The molecule has 0 saturated carbocycles. The fourth-order valence-electron chi connectivity index (χ4n) is 1.75. The predicted molar refractivity (Wildman–Crippen MR) is 70.2 cm³/mol. The molecule has 9 heteroatoms. The molecule has 2 rings (SSSR count). The number of aryl methyl sites for hydroxylation is 1. The topological polar surface area (TPSA) is 83.9 Å². The molecule has 2 heterocycles. The molecule has 0 spiro atoms. The van der Waals surface area contributed by atoms with E-state index in [1.165, 1.54) is 6.07 Å². The minimum absolute atomic E-state index is 0.0217. The average molecular weight is 326 g/mol. The van der Waals surface area contributed by atoms with E-state index in [1.807, 2.05) is 0 Å². The second-order valence-corrected chi connectivity index (χ2v) is 7.84. The van der Waals surface area contributed by atoms with E-state index in [0.717, 1.165) is 15.6 Å². The highest BCUT2D eigenvalue weighted by atomic mass is 35.5. The molecule has 0 aliphatic carbocycles. The number of morpholine rings is 1. The maximum Gasteiger partial charge on any atom is 0.324 e. The first-order valence-electron chi connectivity index (χ1n) is 5.42. The lowest BCUT2D eigenvalue weighted by atomic mass is 10.3. The monoisotopic (exact) mass is 325 g/mol. The number of nitrogens with zero attached hydrogens (tertiary/aromatic N) is 1. The standard InChI is InChI=1S/C10H12ClNO5S2/c1-6-4-8(18-9(6)11)19(15,16)12-2-3-17-5-7(12)10(13)14/h4,7H,2-3,5H2,1H3,(H,13,14). The van der Waals surface area contributed by atoms with Gasteiger partial charge in [-0.05, 0) is 18.6 Å². The number of halogens is 1. The number of carboxylic acid groups (broad SMARTS) is 1. The van der Waals surface area contributed by atoms with Crippen molar-refractivity contribution in [3.05, 3.63) is 16.0 Å². The minimum Gasteiger partial charge on any atom is -0.480 e. The number of aliphatic carboxylic acids is 1. The first kappa shape index (κ1) is 14.7. The van der Waals surface area contributed by atoms with Gasteiger partial charge in [-0.1, -0.05) is 11.6 Å². The van der Waals surface area contributed by atoms with Gasteiger partial charge in [-0.2, -0.15) is 4.31 Å². The number of ether oxygens (including phenoxy) is 1. The Labute approximate surface area is 119 Å². The van der Waals surface area contributed by atoms with E-state index in [4.69, 9.17) is 21.4 Å². The molecule has 1 aromatic rings. The summed E-state index contributed by atoms with van der Waals surface area (Å²) in [6.07, 6.45) is 0. The number of hydrogen-bond acceptors (Lipinski definition) is 5. The third-order valence-electron chi connectivity index (χ3n) is 2.76. The maximum atomic E-state index is 12.4. The normalized spacial score (nSPS) is 21.5. The van der Waals surface area contributed by atoms with Crippen LogP contribution in [0.5, 0.6) is 0 Å². The van der Waals surface area contributed by atoms with E-state index < -0.39 is 22.0 Å². The molecule has 0 bridgehead atoms. The van der Waals surface area contributed by atoms with Crippen molar-refractivity contribution < 1.29 is 23.1 Å². The zero-order valence-corrected chi connectivity index (χ0v) is 12.4. The summed E-state index contributed by atoms with van der Waals surface area (Å²) < 4.78 is 31.3. The molecule has 0 radical (unpaired) electrons. The Morgan fingerprint density at radius 2 is 2.32 bits per heavy atom. The van der Waals surface area contributed by atoms with Crippen molar-refractivity contribution in [3.63, 3.8) is 0 Å². The van der Waals surface area contributed by atoms with Crippen LogP contribution in [0.2, 0.25) is 4.34 Å². The van der Waals surface area contributed by atoms with Crippen LogP contribution in [-0.4, -0.2) is 49.6 Å². The quantitative estimate of drug-likeness (QED) is 0.902. The van der Waals surface area contributed by atoms with Gasteiger partial charge in [0.25, 0.3) is 10.0 Å². The highest BCUT2D eigenvalue weighted by Gasteiger charge is 2.39. The highest BCUT2D eigenvalue weighted by Crippen LogP contribution is 2.33. The smallest absolute Gasteiger partial charge is 0.324 e. The second kappa shape index (κ2) is 5.37. The van der Waals surface area contributed by atoms with Gasteiger partial charge in [0.2, 0.25) is 0 Å². The third kappa shape index (κ3) is 2.77. The molecule has 1 aliphatic rings. The number of sulfonamides is 1. The maximum absolute atomic E-state index is 12.4. The molecule has 106 valence electrons. The Bertz CT molecular complexity index is 578. The summed E-state index contributed by atoms with van der Waals surface area (Å²) >= 11 is 6.80. The fourth-order valence-corrected chi connectivity index (χ4v) is 5.13. The molecular weight excluding hydrogens is 314 g/mol. The van der Waals surface area contributed by atoms with Gasteiger partial charge in [-0.15, -0.1) is 11.3 Å². The largest absolute Gasteiger partial charge is 0.480 e. The number of hydrogen-bond donors (Lipinski definition) is 1. The Kier molecular flexibility index (Phi) is 4.17. The summed E-state index contributed by atoms with van der Waals surface area (Å²) in [5.41, 5.74) is 0.658. The first-order chi connectivity index (χ1) is 8.84. The molecular formula is C10H12ClNO5S2. The zero-order valence-electron chi connectivity index (χ0n) is 10.00. The van der Waals surface area contributed by atoms with Crippen LogP contribution in [0.1, 0.15) is 5.56 Å². The molecule has 0 aromatic carbocycles. The molecule has 6 nitrogen and oxygen atoms in total. The van der Waals surface area contributed by atoms with Gasteiger partial charge in [0.1, 0.15) is 10.3 Å². The van der Waals surface area contributed by atoms with Crippen LogP contribution in [0, 0.1) is 6.92 Å². The lowest BCUT2D eigenvalue weighted by Crippen LogP contribution is -2.52. The van der Waals surface area contributed by atoms with Crippen molar-refractivity contribution in [1.29, 1.82) is 0 Å². The van der Waals surface area contributed by atoms with Gasteiger partial charge >= 0.3 is 5.97 Å². The third-order valence-corrected chi connectivity index (χ3v) is 6.67. The van der Waals surface area contributed by atoms with Gasteiger partial charge in [0, 0.05) is 6.54 Å². The van der Waals surface area contributed by atoms with Crippen molar-refractivity contribution in [2.24, 2.45) is 0 Å². The summed E-state index contributed by atoms with van der Waals surface area (Å²) in [4.78, 5) is 11.1. The second-order valence-electron chi connectivity index (χ2n) is 4.07. The van der Waals surface area contributed by atoms with Crippen LogP contribution in [0.15, 0.2) is 10.3 Å². The molecule has 1 unspecified atom stereocenters. The minimum atomic E-state index is -3.85. The highest BCUT2D eigenvalue weighted by molar-refractivity contribution is 7.91. The van der Waals surface area contributed by atoms with Crippen molar-refractivity contribution in [1.82, 2.24) is 4.31 Å². The average Bonchev–Trinajstić information content (AvgIpc) is 2.70. The predicted octanol–water partition coefficient (Wildman–Crippen LogP) is 1.18. The van der Waals surface area contributed by atoms with Crippen LogP contribution in [0.3, 0.4) is 0 Å².